The van der Waals surface area contributed by atoms with E-state index in [4.69, 9.17) is 0 Å². The van der Waals surface area contributed by atoms with Gasteiger partial charge in [-0.15, -0.1) is 32.9 Å². The largest absolute Gasteiger partial charge is 0.322 e. The van der Waals surface area contributed by atoms with Gasteiger partial charge in [0.05, 0.1) is 0 Å². The first-order valence-electron chi connectivity index (χ1n) is 5.75. The number of rotatable bonds is 1. The summed E-state index contributed by atoms with van der Waals surface area (Å²) in [6.07, 6.45) is 0. The van der Waals surface area contributed by atoms with Gasteiger partial charge >= 0.3 is 0 Å². The summed E-state index contributed by atoms with van der Waals surface area (Å²) >= 11 is 3.35. The number of thiazole rings is 2. The standard InChI is InChI=1S/C12H18N4S2/c1-7-9(3)17-11(15(7)5)13-14-12-16(6)8(2)10(4)18-12/h1-6H3/b13-11-,14-12+. The average Bonchev–Trinajstić information content (AvgIpc) is 2.72. The van der Waals surface area contributed by atoms with Gasteiger partial charge in [-0.2, -0.15) is 0 Å². The van der Waals surface area contributed by atoms with Crippen molar-refractivity contribution in [3.05, 3.63) is 30.7 Å². The first-order chi connectivity index (χ1) is 8.41. The van der Waals surface area contributed by atoms with E-state index in [1.54, 1.807) is 22.7 Å². The number of hydrogen-bond donors (Lipinski definition) is 0. The van der Waals surface area contributed by atoms with E-state index in [2.05, 4.69) is 47.0 Å². The van der Waals surface area contributed by atoms with E-state index in [9.17, 15) is 0 Å². The molecule has 6 heteroatoms. The predicted octanol–water partition coefficient (Wildman–Crippen LogP) is 2.14. The van der Waals surface area contributed by atoms with E-state index in [0.29, 0.717) is 0 Å². The Bertz CT molecular complexity index is 647. The summed E-state index contributed by atoms with van der Waals surface area (Å²) < 4.78 is 4.16. The second-order valence-electron chi connectivity index (χ2n) is 4.37. The maximum atomic E-state index is 4.37. The molecule has 0 radical (unpaired) electrons. The average molecular weight is 282 g/mol. The Morgan fingerprint density at radius 1 is 0.722 bits per heavy atom. The zero-order valence-corrected chi connectivity index (χ0v) is 13.2. The molecule has 0 amide bonds. The number of aromatic nitrogens is 2. The van der Waals surface area contributed by atoms with Crippen LogP contribution < -0.4 is 9.60 Å². The summed E-state index contributed by atoms with van der Waals surface area (Å²) in [4.78, 5) is 4.45. The monoisotopic (exact) mass is 282 g/mol. The maximum absolute atomic E-state index is 4.37. The summed E-state index contributed by atoms with van der Waals surface area (Å²) in [6.45, 7) is 8.42. The van der Waals surface area contributed by atoms with Crippen LogP contribution in [0.15, 0.2) is 10.2 Å². The van der Waals surface area contributed by atoms with E-state index in [-0.39, 0.29) is 0 Å². The predicted molar refractivity (Wildman–Crippen MR) is 76.7 cm³/mol. The van der Waals surface area contributed by atoms with Crippen LogP contribution in [0.5, 0.6) is 0 Å². The van der Waals surface area contributed by atoms with Gasteiger partial charge in [-0.1, -0.05) is 0 Å². The molecule has 0 atom stereocenters. The van der Waals surface area contributed by atoms with Crippen molar-refractivity contribution in [3.63, 3.8) is 0 Å². The minimum Gasteiger partial charge on any atom is -0.322 e. The fourth-order valence-electron chi connectivity index (χ4n) is 1.58. The van der Waals surface area contributed by atoms with E-state index in [1.807, 2.05) is 14.1 Å². The molecule has 0 unspecified atom stereocenters. The fourth-order valence-corrected chi connectivity index (χ4v) is 3.41. The number of hydrogen-bond acceptors (Lipinski definition) is 4. The minimum atomic E-state index is 0.939. The van der Waals surface area contributed by atoms with Crippen LogP contribution in [-0.2, 0) is 14.1 Å². The highest BCUT2D eigenvalue weighted by molar-refractivity contribution is 7.09. The Morgan fingerprint density at radius 3 is 1.28 bits per heavy atom. The number of aryl methyl sites for hydroxylation is 2. The minimum absolute atomic E-state index is 0.939. The van der Waals surface area contributed by atoms with Gasteiger partial charge in [0.1, 0.15) is 0 Å². The topological polar surface area (TPSA) is 34.6 Å². The third-order valence-corrected chi connectivity index (χ3v) is 5.59. The van der Waals surface area contributed by atoms with Crippen molar-refractivity contribution in [1.29, 1.82) is 0 Å². The molecule has 2 rings (SSSR count). The first kappa shape index (κ1) is 13.3. The molecule has 0 N–H and O–H groups in total. The zero-order valence-electron chi connectivity index (χ0n) is 11.6. The van der Waals surface area contributed by atoms with Crippen LogP contribution in [0, 0.1) is 27.7 Å². The molecule has 0 saturated heterocycles. The van der Waals surface area contributed by atoms with Crippen molar-refractivity contribution in [2.45, 2.75) is 27.7 Å². The van der Waals surface area contributed by atoms with Gasteiger partial charge in [-0.3, -0.25) is 0 Å². The summed E-state index contributed by atoms with van der Waals surface area (Å²) in [5.74, 6) is 0. The molecule has 0 aliphatic heterocycles. The highest BCUT2D eigenvalue weighted by Crippen LogP contribution is 2.08. The van der Waals surface area contributed by atoms with Crippen LogP contribution in [0.3, 0.4) is 0 Å². The van der Waals surface area contributed by atoms with Gasteiger partial charge in [0.15, 0.2) is 0 Å². The third-order valence-electron chi connectivity index (χ3n) is 3.31. The third kappa shape index (κ3) is 2.22. The summed E-state index contributed by atoms with van der Waals surface area (Å²) in [6, 6.07) is 0. The molecule has 0 bridgehead atoms. The lowest BCUT2D eigenvalue weighted by Crippen LogP contribution is -2.14. The molecule has 4 nitrogen and oxygen atoms in total. The number of nitrogens with zero attached hydrogens (tertiary/aromatic N) is 4. The van der Waals surface area contributed by atoms with Crippen molar-refractivity contribution in [2.75, 3.05) is 0 Å². The van der Waals surface area contributed by atoms with Gasteiger partial charge in [0.25, 0.3) is 0 Å². The van der Waals surface area contributed by atoms with Crippen molar-refractivity contribution in [1.82, 2.24) is 9.13 Å². The molecule has 0 fully saturated rings. The Balaban J connectivity index is 2.58. The smallest absolute Gasteiger partial charge is 0.210 e. The molecule has 18 heavy (non-hydrogen) atoms. The lowest BCUT2D eigenvalue weighted by molar-refractivity contribution is 0.784. The molecule has 2 aromatic rings. The van der Waals surface area contributed by atoms with Crippen LogP contribution >= 0.6 is 22.7 Å². The lowest BCUT2D eigenvalue weighted by atomic mass is 10.4. The highest BCUT2D eigenvalue weighted by Gasteiger charge is 2.03. The molecule has 0 spiro atoms. The first-order valence-corrected chi connectivity index (χ1v) is 7.39. The van der Waals surface area contributed by atoms with E-state index < -0.39 is 0 Å². The van der Waals surface area contributed by atoms with Crippen LogP contribution in [-0.4, -0.2) is 9.13 Å². The molecule has 2 heterocycles. The molecule has 0 saturated carbocycles. The van der Waals surface area contributed by atoms with E-state index >= 15 is 0 Å². The van der Waals surface area contributed by atoms with Crippen molar-refractivity contribution >= 4 is 22.7 Å². The van der Waals surface area contributed by atoms with Crippen molar-refractivity contribution in [2.24, 2.45) is 24.3 Å². The van der Waals surface area contributed by atoms with Crippen LogP contribution in [0.1, 0.15) is 21.1 Å². The van der Waals surface area contributed by atoms with Crippen LogP contribution in [0.4, 0.5) is 0 Å². The Kier molecular flexibility index (Phi) is 3.59. The van der Waals surface area contributed by atoms with Gasteiger partial charge < -0.3 is 9.13 Å². The molecule has 0 aliphatic rings. The zero-order chi connectivity index (χ0) is 13.4. The van der Waals surface area contributed by atoms with Gasteiger partial charge in [0.2, 0.25) is 9.60 Å². The lowest BCUT2D eigenvalue weighted by Gasteiger charge is -1.94. The fraction of sp³-hybridized carbons (Fsp3) is 0.500. The van der Waals surface area contributed by atoms with Crippen molar-refractivity contribution in [3.8, 4) is 0 Å². The Labute approximate surface area is 115 Å². The second kappa shape index (κ2) is 4.85. The molecular formula is C12H18N4S2. The SMILES string of the molecule is Cc1s/c(=N\N=c2\sc(C)c(C)n2C)n(C)c1C. The molecule has 2 aromatic heterocycles. The Hall–Kier alpha value is -1.14. The van der Waals surface area contributed by atoms with Gasteiger partial charge in [-0.05, 0) is 27.7 Å². The summed E-state index contributed by atoms with van der Waals surface area (Å²) in [5, 5.41) is 8.74. The van der Waals surface area contributed by atoms with Gasteiger partial charge in [0, 0.05) is 35.2 Å². The van der Waals surface area contributed by atoms with E-state index in [1.165, 1.54) is 21.1 Å². The van der Waals surface area contributed by atoms with Crippen LogP contribution in [0.2, 0.25) is 0 Å². The quantitative estimate of drug-likeness (QED) is 0.718. The Morgan fingerprint density at radius 2 is 1.06 bits per heavy atom. The molecule has 0 aliphatic carbocycles. The molecular weight excluding hydrogens is 264 g/mol. The normalized spacial score (nSPS) is 13.7. The van der Waals surface area contributed by atoms with Crippen LogP contribution in [0.25, 0.3) is 0 Å². The molecule has 0 aromatic carbocycles. The molecule has 98 valence electrons. The van der Waals surface area contributed by atoms with Gasteiger partial charge in [-0.25, -0.2) is 0 Å². The second-order valence-corrected chi connectivity index (χ2v) is 6.73. The van der Waals surface area contributed by atoms with Crippen molar-refractivity contribution < 1.29 is 0 Å². The summed E-state index contributed by atoms with van der Waals surface area (Å²) in [5.41, 5.74) is 2.49. The summed E-state index contributed by atoms with van der Waals surface area (Å²) in [7, 11) is 4.05. The van der Waals surface area contributed by atoms with E-state index in [0.717, 1.165) is 9.60 Å². The highest BCUT2D eigenvalue weighted by atomic mass is 32.1. The maximum Gasteiger partial charge on any atom is 0.210 e.